The molecule has 1 unspecified atom stereocenters. The molecule has 0 amide bonds. The van der Waals surface area contributed by atoms with Crippen molar-refractivity contribution in [3.8, 4) is 0 Å². The molecular formula is C18H32OS. The summed E-state index contributed by atoms with van der Waals surface area (Å²) in [4.78, 5) is 11.6. The zero-order valence-corrected chi connectivity index (χ0v) is 14.9. The molecule has 20 heavy (non-hydrogen) atoms. The smallest absolute Gasteiger partial charge is 0.212 e. The van der Waals surface area contributed by atoms with E-state index in [2.05, 4.69) is 32.9 Å². The SMILES string of the molecule is CC(/C=C/CC(C)CCCC(C)C)=C\C(=O)SC(C)C. The number of hydrogen-bond donors (Lipinski definition) is 0. The van der Waals surface area contributed by atoms with Gasteiger partial charge in [0, 0.05) is 5.25 Å². The highest BCUT2D eigenvalue weighted by molar-refractivity contribution is 8.14. The van der Waals surface area contributed by atoms with E-state index in [0.29, 0.717) is 5.25 Å². The highest BCUT2D eigenvalue weighted by atomic mass is 32.2. The Balaban J connectivity index is 3.98. The molecule has 0 rings (SSSR count). The predicted molar refractivity (Wildman–Crippen MR) is 93.1 cm³/mol. The number of carbonyl (C=O) groups excluding carboxylic acids is 1. The second-order valence-corrected chi connectivity index (χ2v) is 8.02. The van der Waals surface area contributed by atoms with E-state index in [-0.39, 0.29) is 5.12 Å². The summed E-state index contributed by atoms with van der Waals surface area (Å²) in [5.41, 5.74) is 1.05. The van der Waals surface area contributed by atoms with Gasteiger partial charge in [-0.2, -0.15) is 0 Å². The molecule has 0 N–H and O–H groups in total. The lowest BCUT2D eigenvalue weighted by atomic mass is 9.97. The Hall–Kier alpha value is -0.500. The topological polar surface area (TPSA) is 17.1 Å². The van der Waals surface area contributed by atoms with Crippen LogP contribution in [0.15, 0.2) is 23.8 Å². The van der Waals surface area contributed by atoms with Gasteiger partial charge in [0.05, 0.1) is 0 Å². The van der Waals surface area contributed by atoms with Gasteiger partial charge in [0.15, 0.2) is 0 Å². The first-order valence-electron chi connectivity index (χ1n) is 7.86. The molecule has 1 nitrogen and oxygen atoms in total. The Morgan fingerprint density at radius 1 is 1.10 bits per heavy atom. The van der Waals surface area contributed by atoms with Crippen LogP contribution in [0.2, 0.25) is 0 Å². The van der Waals surface area contributed by atoms with Crippen molar-refractivity contribution in [2.24, 2.45) is 11.8 Å². The van der Waals surface area contributed by atoms with Crippen molar-refractivity contribution in [3.63, 3.8) is 0 Å². The van der Waals surface area contributed by atoms with Crippen molar-refractivity contribution < 1.29 is 4.79 Å². The lowest BCUT2D eigenvalue weighted by molar-refractivity contribution is -0.107. The molecule has 0 fully saturated rings. The molecule has 0 aliphatic rings. The average molecular weight is 297 g/mol. The van der Waals surface area contributed by atoms with Crippen LogP contribution >= 0.6 is 11.8 Å². The number of rotatable bonds is 9. The van der Waals surface area contributed by atoms with Crippen LogP contribution in [-0.4, -0.2) is 10.4 Å². The molecular weight excluding hydrogens is 264 g/mol. The second-order valence-electron chi connectivity index (χ2n) is 6.44. The normalized spacial score (nSPS) is 14.5. The Morgan fingerprint density at radius 3 is 2.30 bits per heavy atom. The minimum absolute atomic E-state index is 0.159. The summed E-state index contributed by atoms with van der Waals surface area (Å²) in [6.45, 7) is 13.0. The maximum absolute atomic E-state index is 11.6. The van der Waals surface area contributed by atoms with E-state index in [9.17, 15) is 4.79 Å². The van der Waals surface area contributed by atoms with Crippen LogP contribution in [-0.2, 0) is 4.79 Å². The fourth-order valence-electron chi connectivity index (χ4n) is 1.98. The number of hydrogen-bond acceptors (Lipinski definition) is 2. The molecule has 1 atom stereocenters. The zero-order chi connectivity index (χ0) is 15.5. The van der Waals surface area contributed by atoms with Crippen LogP contribution < -0.4 is 0 Å². The summed E-state index contributed by atoms with van der Waals surface area (Å²) in [6.07, 6.45) is 11.1. The molecule has 0 spiro atoms. The highest BCUT2D eigenvalue weighted by Gasteiger charge is 2.03. The van der Waals surface area contributed by atoms with E-state index in [0.717, 1.165) is 23.8 Å². The summed E-state index contributed by atoms with van der Waals surface area (Å²) >= 11 is 1.39. The van der Waals surface area contributed by atoms with Gasteiger partial charge in [-0.25, -0.2) is 0 Å². The van der Waals surface area contributed by atoms with Crippen molar-refractivity contribution in [2.45, 2.75) is 72.5 Å². The fourth-order valence-corrected chi connectivity index (χ4v) is 2.70. The van der Waals surface area contributed by atoms with Crippen molar-refractivity contribution in [1.82, 2.24) is 0 Å². The fraction of sp³-hybridized carbons (Fsp3) is 0.722. The van der Waals surface area contributed by atoms with Gasteiger partial charge in [-0.05, 0) is 36.8 Å². The molecule has 0 aliphatic carbocycles. The standard InChI is InChI=1S/C18H32OS/c1-14(2)9-7-10-16(5)11-8-12-17(6)13-18(19)20-15(3)4/h8,12-16H,7,9-11H2,1-6H3/b12-8+,17-13+. The largest absolute Gasteiger partial charge is 0.282 e. The Morgan fingerprint density at radius 2 is 1.75 bits per heavy atom. The van der Waals surface area contributed by atoms with Gasteiger partial charge in [-0.1, -0.05) is 77.8 Å². The second kappa shape index (κ2) is 11.2. The van der Waals surface area contributed by atoms with Gasteiger partial charge in [0.25, 0.3) is 0 Å². The number of carbonyl (C=O) groups is 1. The first-order chi connectivity index (χ1) is 9.31. The van der Waals surface area contributed by atoms with Crippen molar-refractivity contribution in [2.75, 3.05) is 0 Å². The number of thioether (sulfide) groups is 1. The van der Waals surface area contributed by atoms with E-state index in [1.165, 1.54) is 31.0 Å². The van der Waals surface area contributed by atoms with Crippen LogP contribution in [0.25, 0.3) is 0 Å². The highest BCUT2D eigenvalue weighted by Crippen LogP contribution is 2.16. The van der Waals surface area contributed by atoms with E-state index in [4.69, 9.17) is 0 Å². The Kier molecular flexibility index (Phi) is 10.9. The molecule has 2 heteroatoms. The van der Waals surface area contributed by atoms with Crippen LogP contribution in [0.4, 0.5) is 0 Å². The minimum Gasteiger partial charge on any atom is -0.282 e. The maximum atomic E-state index is 11.6. The van der Waals surface area contributed by atoms with Gasteiger partial charge in [-0.3, -0.25) is 4.79 Å². The van der Waals surface area contributed by atoms with Gasteiger partial charge < -0.3 is 0 Å². The van der Waals surface area contributed by atoms with Crippen molar-refractivity contribution >= 4 is 16.9 Å². The van der Waals surface area contributed by atoms with Gasteiger partial charge >= 0.3 is 0 Å². The molecule has 0 aliphatic heterocycles. The van der Waals surface area contributed by atoms with E-state index in [1.807, 2.05) is 20.8 Å². The minimum atomic E-state index is 0.159. The van der Waals surface area contributed by atoms with E-state index >= 15 is 0 Å². The molecule has 0 radical (unpaired) electrons. The molecule has 116 valence electrons. The predicted octanol–water partition coefficient (Wildman–Crippen LogP) is 6.01. The van der Waals surface area contributed by atoms with Crippen molar-refractivity contribution in [3.05, 3.63) is 23.8 Å². The first-order valence-corrected chi connectivity index (χ1v) is 8.74. The van der Waals surface area contributed by atoms with E-state index < -0.39 is 0 Å². The van der Waals surface area contributed by atoms with Crippen LogP contribution in [0, 0.1) is 11.8 Å². The Labute approximate surface area is 130 Å². The third-order valence-corrected chi connectivity index (χ3v) is 3.92. The van der Waals surface area contributed by atoms with E-state index in [1.54, 1.807) is 6.08 Å². The summed E-state index contributed by atoms with van der Waals surface area (Å²) in [5.74, 6) is 1.55. The summed E-state index contributed by atoms with van der Waals surface area (Å²) in [5, 5.41) is 0.517. The zero-order valence-electron chi connectivity index (χ0n) is 14.1. The quantitative estimate of drug-likeness (QED) is 0.383. The monoisotopic (exact) mass is 296 g/mol. The molecule has 0 aromatic carbocycles. The van der Waals surface area contributed by atoms with Gasteiger partial charge in [0.2, 0.25) is 5.12 Å². The molecule has 0 saturated carbocycles. The van der Waals surface area contributed by atoms with Gasteiger partial charge in [0.1, 0.15) is 0 Å². The molecule has 0 heterocycles. The maximum Gasteiger partial charge on any atom is 0.212 e. The summed E-state index contributed by atoms with van der Waals surface area (Å²) < 4.78 is 0. The summed E-state index contributed by atoms with van der Waals surface area (Å²) in [7, 11) is 0. The third-order valence-electron chi connectivity index (χ3n) is 3.09. The summed E-state index contributed by atoms with van der Waals surface area (Å²) in [6, 6.07) is 0. The van der Waals surface area contributed by atoms with Gasteiger partial charge in [-0.15, -0.1) is 0 Å². The lowest BCUT2D eigenvalue weighted by Crippen LogP contribution is -1.96. The van der Waals surface area contributed by atoms with Crippen LogP contribution in [0.5, 0.6) is 0 Å². The van der Waals surface area contributed by atoms with Crippen molar-refractivity contribution in [1.29, 1.82) is 0 Å². The number of allylic oxidation sites excluding steroid dienone is 3. The van der Waals surface area contributed by atoms with Crippen LogP contribution in [0.3, 0.4) is 0 Å². The molecule has 0 aromatic rings. The van der Waals surface area contributed by atoms with Crippen LogP contribution in [0.1, 0.15) is 67.2 Å². The lowest BCUT2D eigenvalue weighted by Gasteiger charge is -2.09. The Bertz CT molecular complexity index is 326. The molecule has 0 saturated heterocycles. The third kappa shape index (κ3) is 12.5. The molecule has 0 aromatic heterocycles. The first kappa shape index (κ1) is 19.5. The molecule has 0 bridgehead atoms. The average Bonchev–Trinajstić information content (AvgIpc) is 2.26.